The van der Waals surface area contributed by atoms with Crippen molar-refractivity contribution in [2.75, 3.05) is 6.61 Å². The Morgan fingerprint density at radius 2 is 2.07 bits per heavy atom. The first-order valence-corrected chi connectivity index (χ1v) is 5.06. The van der Waals surface area contributed by atoms with Crippen molar-refractivity contribution in [2.45, 2.75) is 20.3 Å². The fourth-order valence-electron chi connectivity index (χ4n) is 1.17. The number of hydrogen-bond donors (Lipinski definition) is 1. The highest BCUT2D eigenvalue weighted by Gasteiger charge is 2.09. The van der Waals surface area contributed by atoms with Gasteiger partial charge in [0.2, 0.25) is 0 Å². The summed E-state index contributed by atoms with van der Waals surface area (Å²) in [5.41, 5.74) is 0.223. The fraction of sp³-hybridized carbons (Fsp3) is 0.417. The van der Waals surface area contributed by atoms with E-state index >= 15 is 0 Å². The Morgan fingerprint density at radius 1 is 1.40 bits per heavy atom. The van der Waals surface area contributed by atoms with E-state index in [4.69, 9.17) is 9.84 Å². The highest BCUT2D eigenvalue weighted by atomic mass is 16.5. The van der Waals surface area contributed by atoms with Gasteiger partial charge in [0.1, 0.15) is 11.3 Å². The number of para-hydroxylation sites is 1. The third-order valence-corrected chi connectivity index (χ3v) is 2.07. The predicted octanol–water partition coefficient (Wildman–Crippen LogP) is 2.81. The second-order valence-corrected chi connectivity index (χ2v) is 3.83. The molecule has 1 aromatic carbocycles. The van der Waals surface area contributed by atoms with E-state index in [-0.39, 0.29) is 5.56 Å². The van der Waals surface area contributed by atoms with Crippen LogP contribution in [-0.2, 0) is 0 Å². The normalized spacial score (nSPS) is 10.3. The summed E-state index contributed by atoms with van der Waals surface area (Å²) in [5, 5.41) is 8.89. The van der Waals surface area contributed by atoms with Crippen LogP contribution in [0.5, 0.6) is 5.75 Å². The van der Waals surface area contributed by atoms with Gasteiger partial charge in [-0.25, -0.2) is 4.79 Å². The lowest BCUT2D eigenvalue weighted by molar-refractivity contribution is 0.0692. The zero-order valence-corrected chi connectivity index (χ0v) is 9.06. The van der Waals surface area contributed by atoms with Crippen LogP contribution in [0.4, 0.5) is 0 Å². The van der Waals surface area contributed by atoms with Gasteiger partial charge in [-0.2, -0.15) is 0 Å². The minimum absolute atomic E-state index is 0.223. The Labute approximate surface area is 89.7 Å². The van der Waals surface area contributed by atoms with E-state index in [1.165, 1.54) is 0 Å². The largest absolute Gasteiger partial charge is 0.493 e. The first-order valence-electron chi connectivity index (χ1n) is 5.06. The third-order valence-electron chi connectivity index (χ3n) is 2.07. The van der Waals surface area contributed by atoms with Gasteiger partial charge in [0.05, 0.1) is 6.61 Å². The molecule has 0 atom stereocenters. The maximum Gasteiger partial charge on any atom is 0.339 e. The van der Waals surface area contributed by atoms with Crippen LogP contribution in [0.1, 0.15) is 30.6 Å². The van der Waals surface area contributed by atoms with E-state index < -0.39 is 5.97 Å². The van der Waals surface area contributed by atoms with Crippen LogP contribution in [0.15, 0.2) is 24.3 Å². The van der Waals surface area contributed by atoms with Gasteiger partial charge in [0.15, 0.2) is 0 Å². The van der Waals surface area contributed by atoms with Crippen molar-refractivity contribution in [3.63, 3.8) is 0 Å². The fourth-order valence-corrected chi connectivity index (χ4v) is 1.17. The van der Waals surface area contributed by atoms with Gasteiger partial charge in [-0.15, -0.1) is 0 Å². The van der Waals surface area contributed by atoms with E-state index in [1.807, 2.05) is 0 Å². The predicted molar refractivity (Wildman–Crippen MR) is 58.4 cm³/mol. The zero-order valence-electron chi connectivity index (χ0n) is 9.06. The van der Waals surface area contributed by atoms with Crippen LogP contribution in [0.3, 0.4) is 0 Å². The number of carboxylic acids is 1. The molecule has 15 heavy (non-hydrogen) atoms. The Bertz CT molecular complexity index is 331. The number of aromatic carboxylic acids is 1. The summed E-state index contributed by atoms with van der Waals surface area (Å²) in [6, 6.07) is 6.70. The quantitative estimate of drug-likeness (QED) is 0.809. The van der Waals surface area contributed by atoms with Gasteiger partial charge in [-0.05, 0) is 24.5 Å². The smallest absolute Gasteiger partial charge is 0.339 e. The molecule has 0 saturated heterocycles. The molecular formula is C12H16O3. The van der Waals surface area contributed by atoms with Crippen molar-refractivity contribution in [3.05, 3.63) is 29.8 Å². The van der Waals surface area contributed by atoms with Gasteiger partial charge in [-0.1, -0.05) is 26.0 Å². The minimum Gasteiger partial charge on any atom is -0.493 e. The third kappa shape index (κ3) is 3.62. The molecule has 0 amide bonds. The minimum atomic E-state index is -0.949. The Hall–Kier alpha value is -1.51. The van der Waals surface area contributed by atoms with Crippen molar-refractivity contribution in [3.8, 4) is 5.75 Å². The molecule has 0 saturated carbocycles. The van der Waals surface area contributed by atoms with Gasteiger partial charge >= 0.3 is 5.97 Å². The highest BCUT2D eigenvalue weighted by molar-refractivity contribution is 5.90. The van der Waals surface area contributed by atoms with Crippen LogP contribution in [-0.4, -0.2) is 17.7 Å². The molecule has 3 heteroatoms. The lowest BCUT2D eigenvalue weighted by Crippen LogP contribution is -2.06. The molecule has 0 aliphatic carbocycles. The molecule has 3 nitrogen and oxygen atoms in total. The molecule has 0 heterocycles. The Morgan fingerprint density at radius 3 is 2.67 bits per heavy atom. The van der Waals surface area contributed by atoms with Crippen molar-refractivity contribution in [1.82, 2.24) is 0 Å². The summed E-state index contributed by atoms with van der Waals surface area (Å²) < 4.78 is 5.43. The molecule has 82 valence electrons. The Balaban J connectivity index is 2.63. The summed E-state index contributed by atoms with van der Waals surface area (Å²) in [4.78, 5) is 10.8. The van der Waals surface area contributed by atoms with Crippen LogP contribution in [0.2, 0.25) is 0 Å². The van der Waals surface area contributed by atoms with Crippen molar-refractivity contribution < 1.29 is 14.6 Å². The number of benzene rings is 1. The van der Waals surface area contributed by atoms with E-state index in [1.54, 1.807) is 24.3 Å². The molecule has 0 radical (unpaired) electrons. The van der Waals surface area contributed by atoms with Crippen LogP contribution in [0, 0.1) is 5.92 Å². The molecule has 0 fully saturated rings. The van der Waals surface area contributed by atoms with Crippen LogP contribution in [0.25, 0.3) is 0 Å². The van der Waals surface area contributed by atoms with Crippen molar-refractivity contribution in [1.29, 1.82) is 0 Å². The SMILES string of the molecule is CC(C)CCOc1ccccc1C(=O)O. The van der Waals surface area contributed by atoms with E-state index in [2.05, 4.69) is 13.8 Å². The summed E-state index contributed by atoms with van der Waals surface area (Å²) >= 11 is 0. The molecule has 0 aromatic heterocycles. The molecule has 1 N–H and O–H groups in total. The maximum atomic E-state index is 10.8. The highest BCUT2D eigenvalue weighted by Crippen LogP contribution is 2.18. The van der Waals surface area contributed by atoms with Gasteiger partial charge in [-0.3, -0.25) is 0 Å². The topological polar surface area (TPSA) is 46.5 Å². The second kappa shape index (κ2) is 5.39. The summed E-state index contributed by atoms with van der Waals surface area (Å²) in [7, 11) is 0. The number of ether oxygens (including phenoxy) is 1. The standard InChI is InChI=1S/C12H16O3/c1-9(2)7-8-15-11-6-4-3-5-10(11)12(13)14/h3-6,9H,7-8H2,1-2H3,(H,13,14). The van der Waals surface area contributed by atoms with Gasteiger partial charge in [0, 0.05) is 0 Å². The molecule has 0 aliphatic heterocycles. The van der Waals surface area contributed by atoms with E-state index in [9.17, 15) is 4.79 Å². The molecule has 1 rings (SSSR count). The van der Waals surface area contributed by atoms with Crippen molar-refractivity contribution in [2.24, 2.45) is 5.92 Å². The number of rotatable bonds is 5. The molecule has 0 aliphatic rings. The lowest BCUT2D eigenvalue weighted by atomic mass is 10.1. The molecule has 0 unspecified atom stereocenters. The number of hydrogen-bond acceptors (Lipinski definition) is 2. The lowest BCUT2D eigenvalue weighted by Gasteiger charge is -2.09. The van der Waals surface area contributed by atoms with Crippen LogP contribution >= 0.6 is 0 Å². The molecule has 0 bridgehead atoms. The Kier molecular flexibility index (Phi) is 4.16. The molecule has 1 aromatic rings. The molecular weight excluding hydrogens is 192 g/mol. The summed E-state index contributed by atoms with van der Waals surface area (Å²) in [5.74, 6) is 0.0581. The zero-order chi connectivity index (χ0) is 11.3. The van der Waals surface area contributed by atoms with Gasteiger partial charge in [0.25, 0.3) is 0 Å². The summed E-state index contributed by atoms with van der Waals surface area (Å²) in [6.07, 6.45) is 0.925. The average Bonchev–Trinajstić information content (AvgIpc) is 2.17. The number of carboxylic acid groups (broad SMARTS) is 1. The van der Waals surface area contributed by atoms with Gasteiger partial charge < -0.3 is 9.84 Å². The average molecular weight is 208 g/mol. The van der Waals surface area contributed by atoms with E-state index in [0.717, 1.165) is 6.42 Å². The molecule has 0 spiro atoms. The maximum absolute atomic E-state index is 10.8. The first kappa shape index (κ1) is 11.6. The number of carbonyl (C=O) groups is 1. The van der Waals surface area contributed by atoms with Crippen molar-refractivity contribution >= 4 is 5.97 Å². The monoisotopic (exact) mass is 208 g/mol. The van der Waals surface area contributed by atoms with Crippen LogP contribution < -0.4 is 4.74 Å². The van der Waals surface area contributed by atoms with E-state index in [0.29, 0.717) is 18.3 Å². The summed E-state index contributed by atoms with van der Waals surface area (Å²) in [6.45, 7) is 4.76. The first-order chi connectivity index (χ1) is 7.11. The second-order valence-electron chi connectivity index (χ2n) is 3.83.